The molecule has 3 heteroatoms. The second kappa shape index (κ2) is 7.53. The molecule has 1 amide bonds. The maximum atomic E-state index is 13.1. The summed E-state index contributed by atoms with van der Waals surface area (Å²) in [6.07, 6.45) is 0. The molecule has 3 nitrogen and oxygen atoms in total. The summed E-state index contributed by atoms with van der Waals surface area (Å²) in [6.45, 7) is 0.755. The van der Waals surface area contributed by atoms with Gasteiger partial charge in [0.15, 0.2) is 0 Å². The zero-order valence-electron chi connectivity index (χ0n) is 16.0. The number of carbonyl (C=O) groups excluding carboxylic acids is 1. The van der Waals surface area contributed by atoms with Crippen LogP contribution in [0.3, 0.4) is 0 Å². The van der Waals surface area contributed by atoms with E-state index in [-0.39, 0.29) is 18.0 Å². The lowest BCUT2D eigenvalue weighted by Gasteiger charge is -2.06. The Bertz CT molecular complexity index is 1140. The van der Waals surface area contributed by atoms with E-state index in [2.05, 4.69) is 64.8 Å². The molecule has 0 radical (unpaired) electrons. The highest BCUT2D eigenvalue weighted by Crippen LogP contribution is 2.45. The van der Waals surface area contributed by atoms with E-state index in [4.69, 9.17) is 0 Å². The van der Waals surface area contributed by atoms with Gasteiger partial charge in [-0.1, -0.05) is 84.9 Å². The molecule has 29 heavy (non-hydrogen) atoms. The maximum absolute atomic E-state index is 13.1. The van der Waals surface area contributed by atoms with Crippen molar-refractivity contribution in [3.63, 3.8) is 0 Å². The van der Waals surface area contributed by atoms with Gasteiger partial charge >= 0.3 is 0 Å². The number of amides is 1. The van der Waals surface area contributed by atoms with Crippen molar-refractivity contribution in [3.8, 4) is 0 Å². The van der Waals surface area contributed by atoms with Gasteiger partial charge in [-0.3, -0.25) is 9.69 Å². The Morgan fingerprint density at radius 1 is 0.759 bits per heavy atom. The molecule has 1 heterocycles. The molecule has 142 valence electrons. The van der Waals surface area contributed by atoms with Gasteiger partial charge in [-0.2, -0.15) is 0 Å². The van der Waals surface area contributed by atoms with Crippen molar-refractivity contribution in [2.75, 3.05) is 5.32 Å². The van der Waals surface area contributed by atoms with Gasteiger partial charge in [0, 0.05) is 12.2 Å². The fourth-order valence-corrected chi connectivity index (χ4v) is 4.06. The molecule has 1 saturated heterocycles. The minimum Gasteiger partial charge on any atom is -0.325 e. The third-order valence-electron chi connectivity index (χ3n) is 5.56. The topological polar surface area (TPSA) is 32.1 Å². The third-order valence-corrected chi connectivity index (χ3v) is 5.56. The van der Waals surface area contributed by atoms with Crippen molar-refractivity contribution >= 4 is 22.4 Å². The van der Waals surface area contributed by atoms with Crippen LogP contribution in [0, 0.1) is 0 Å². The minimum atomic E-state index is -0.170. The number of fused-ring (bicyclic) bond motifs is 1. The maximum Gasteiger partial charge on any atom is 0.243 e. The molecule has 5 rings (SSSR count). The summed E-state index contributed by atoms with van der Waals surface area (Å²) in [5.74, 6) is 0.0466. The highest BCUT2D eigenvalue weighted by Gasteiger charge is 2.53. The summed E-state index contributed by atoms with van der Waals surface area (Å²) in [6, 6.07) is 34.8. The quantitative estimate of drug-likeness (QED) is 0.471. The molecule has 1 fully saturated rings. The number of carbonyl (C=O) groups is 1. The van der Waals surface area contributed by atoms with Crippen molar-refractivity contribution in [1.82, 2.24) is 4.90 Å². The summed E-state index contributed by atoms with van der Waals surface area (Å²) in [7, 11) is 0. The standard InChI is InChI=1S/C26H22N2O/c29-26(27-23-13-5-2-6-14-23)25-24(28(25)18-19-9-3-1-4-10-19)22-16-15-20-11-7-8-12-21(20)17-22/h1-17,24-25H,18H2,(H,27,29)/t24-,25+,28?/m0/s1. The molecule has 0 aromatic heterocycles. The van der Waals surface area contributed by atoms with Crippen LogP contribution in [-0.4, -0.2) is 16.8 Å². The van der Waals surface area contributed by atoms with E-state index in [9.17, 15) is 4.79 Å². The summed E-state index contributed by atoms with van der Waals surface area (Å²) in [5, 5.41) is 5.50. The number of hydrogen-bond acceptors (Lipinski definition) is 2. The van der Waals surface area contributed by atoms with Crippen LogP contribution < -0.4 is 5.32 Å². The third kappa shape index (κ3) is 3.65. The zero-order valence-corrected chi connectivity index (χ0v) is 16.0. The largest absolute Gasteiger partial charge is 0.325 e. The van der Waals surface area contributed by atoms with Gasteiger partial charge in [0.25, 0.3) is 0 Å². The van der Waals surface area contributed by atoms with E-state index in [1.54, 1.807) is 0 Å². The van der Waals surface area contributed by atoms with Gasteiger partial charge < -0.3 is 5.32 Å². The molecular formula is C26H22N2O. The van der Waals surface area contributed by atoms with Crippen LogP contribution in [0.15, 0.2) is 103 Å². The Balaban J connectivity index is 1.43. The molecule has 1 aliphatic rings. The molecular weight excluding hydrogens is 356 g/mol. The number of nitrogens with one attached hydrogen (secondary N) is 1. The van der Waals surface area contributed by atoms with E-state index in [0.29, 0.717) is 0 Å². The monoisotopic (exact) mass is 378 g/mol. The Labute approximate surface area is 170 Å². The van der Waals surface area contributed by atoms with Gasteiger partial charge in [-0.05, 0) is 40.1 Å². The number of benzene rings is 4. The van der Waals surface area contributed by atoms with Gasteiger partial charge in [0.2, 0.25) is 5.91 Å². The second-order valence-corrected chi connectivity index (χ2v) is 7.51. The van der Waals surface area contributed by atoms with Crippen molar-refractivity contribution in [1.29, 1.82) is 0 Å². The number of rotatable bonds is 5. The lowest BCUT2D eigenvalue weighted by Crippen LogP contribution is -2.21. The van der Waals surface area contributed by atoms with Crippen molar-refractivity contribution in [2.24, 2.45) is 0 Å². The summed E-state index contributed by atoms with van der Waals surface area (Å²) < 4.78 is 0. The highest BCUT2D eigenvalue weighted by molar-refractivity contribution is 5.98. The lowest BCUT2D eigenvalue weighted by molar-refractivity contribution is -0.116. The van der Waals surface area contributed by atoms with Crippen LogP contribution in [0.2, 0.25) is 0 Å². The van der Waals surface area contributed by atoms with Crippen LogP contribution >= 0.6 is 0 Å². The Hall–Kier alpha value is -3.43. The summed E-state index contributed by atoms with van der Waals surface area (Å²) >= 11 is 0. The first-order valence-corrected chi connectivity index (χ1v) is 9.94. The Morgan fingerprint density at radius 3 is 2.17 bits per heavy atom. The number of anilines is 1. The van der Waals surface area contributed by atoms with Gasteiger partial charge in [0.1, 0.15) is 6.04 Å². The fourth-order valence-electron chi connectivity index (χ4n) is 4.06. The molecule has 1 N–H and O–H groups in total. The van der Waals surface area contributed by atoms with E-state index < -0.39 is 0 Å². The first-order chi connectivity index (χ1) is 14.3. The van der Waals surface area contributed by atoms with Crippen molar-refractivity contribution < 1.29 is 4.79 Å². The Morgan fingerprint density at radius 2 is 1.41 bits per heavy atom. The Kier molecular flexibility index (Phi) is 4.59. The lowest BCUT2D eigenvalue weighted by atomic mass is 10.0. The highest BCUT2D eigenvalue weighted by atomic mass is 16.2. The van der Waals surface area contributed by atoms with Gasteiger partial charge in [-0.25, -0.2) is 0 Å². The van der Waals surface area contributed by atoms with Crippen LogP contribution in [0.1, 0.15) is 17.2 Å². The summed E-state index contributed by atoms with van der Waals surface area (Å²) in [4.78, 5) is 15.3. The predicted molar refractivity (Wildman–Crippen MR) is 118 cm³/mol. The molecule has 1 unspecified atom stereocenters. The molecule has 3 atom stereocenters. The molecule has 0 aliphatic carbocycles. The SMILES string of the molecule is O=C(Nc1ccccc1)[C@H]1[C@H](c2ccc3ccccc3c2)N1Cc1ccccc1. The van der Waals surface area contributed by atoms with E-state index in [1.165, 1.54) is 21.9 Å². The molecule has 0 spiro atoms. The zero-order chi connectivity index (χ0) is 19.6. The molecule has 4 aromatic carbocycles. The minimum absolute atomic E-state index is 0.0466. The average molecular weight is 378 g/mol. The van der Waals surface area contributed by atoms with Crippen LogP contribution in [0.25, 0.3) is 10.8 Å². The molecule has 0 saturated carbocycles. The first kappa shape index (κ1) is 17.7. The molecule has 1 aliphatic heterocycles. The van der Waals surface area contributed by atoms with Crippen molar-refractivity contribution in [2.45, 2.75) is 18.6 Å². The van der Waals surface area contributed by atoms with Crippen LogP contribution in [-0.2, 0) is 11.3 Å². The van der Waals surface area contributed by atoms with Crippen molar-refractivity contribution in [3.05, 3.63) is 114 Å². The number of para-hydroxylation sites is 1. The van der Waals surface area contributed by atoms with Gasteiger partial charge in [0.05, 0.1) is 6.04 Å². The molecule has 4 aromatic rings. The first-order valence-electron chi connectivity index (χ1n) is 9.94. The van der Waals surface area contributed by atoms with Crippen LogP contribution in [0.5, 0.6) is 0 Å². The van der Waals surface area contributed by atoms with E-state index >= 15 is 0 Å². The second-order valence-electron chi connectivity index (χ2n) is 7.51. The normalized spacial score (nSPS) is 20.3. The van der Waals surface area contributed by atoms with Crippen LogP contribution in [0.4, 0.5) is 5.69 Å². The summed E-state index contributed by atoms with van der Waals surface area (Å²) in [5.41, 5.74) is 3.24. The van der Waals surface area contributed by atoms with E-state index in [0.717, 1.165) is 12.2 Å². The predicted octanol–water partition coefficient (Wildman–Crippen LogP) is 5.40. The van der Waals surface area contributed by atoms with Gasteiger partial charge in [-0.15, -0.1) is 0 Å². The van der Waals surface area contributed by atoms with E-state index in [1.807, 2.05) is 48.5 Å². The smallest absolute Gasteiger partial charge is 0.243 e. The number of hydrogen-bond donors (Lipinski definition) is 1. The number of nitrogens with zero attached hydrogens (tertiary/aromatic N) is 1. The molecule has 0 bridgehead atoms. The average Bonchev–Trinajstić information content (AvgIpc) is 3.48. The fraction of sp³-hybridized carbons (Fsp3) is 0.115.